The minimum absolute atomic E-state index is 0. The molecule has 1 aliphatic rings. The number of hydrogen-bond acceptors (Lipinski definition) is 2. The van der Waals surface area contributed by atoms with Crippen molar-refractivity contribution in [3.63, 3.8) is 0 Å². The summed E-state index contributed by atoms with van der Waals surface area (Å²) in [5, 5.41) is 3.42. The second-order valence-corrected chi connectivity index (χ2v) is 7.97. The molecule has 30 heavy (non-hydrogen) atoms. The molecule has 0 radical (unpaired) electrons. The minimum Gasteiger partial charge on any atom is -0.357 e. The lowest BCUT2D eigenvalue weighted by atomic mass is 9.96. The highest BCUT2D eigenvalue weighted by Gasteiger charge is 2.20. The van der Waals surface area contributed by atoms with Gasteiger partial charge in [-0.3, -0.25) is 9.89 Å². The quantitative estimate of drug-likeness (QED) is 0.335. The van der Waals surface area contributed by atoms with Gasteiger partial charge >= 0.3 is 0 Å². The van der Waals surface area contributed by atoms with Gasteiger partial charge in [0.05, 0.1) is 6.54 Å². The maximum Gasteiger partial charge on any atom is 0.194 e. The van der Waals surface area contributed by atoms with Gasteiger partial charge in [0.25, 0.3) is 0 Å². The fourth-order valence-corrected chi connectivity index (χ4v) is 3.86. The highest BCUT2D eigenvalue weighted by Crippen LogP contribution is 2.20. The Kier molecular flexibility index (Phi) is 10.1. The third-order valence-electron chi connectivity index (χ3n) is 5.71. The molecule has 1 aliphatic heterocycles. The summed E-state index contributed by atoms with van der Waals surface area (Å²) in [6, 6.07) is 11.3. The Labute approximate surface area is 197 Å². The van der Waals surface area contributed by atoms with Crippen molar-refractivity contribution in [1.29, 1.82) is 0 Å². The number of likely N-dealkylation sites (tertiary alicyclic amines) is 1. The van der Waals surface area contributed by atoms with E-state index < -0.39 is 0 Å². The molecule has 0 atom stereocenters. The molecule has 2 aromatic rings. The van der Waals surface area contributed by atoms with Crippen molar-refractivity contribution in [2.24, 2.45) is 18.0 Å². The van der Waals surface area contributed by atoms with E-state index in [1.807, 2.05) is 12.1 Å². The lowest BCUT2D eigenvalue weighted by Crippen LogP contribution is -2.40. The first-order chi connectivity index (χ1) is 14.1. The zero-order valence-electron chi connectivity index (χ0n) is 18.4. The van der Waals surface area contributed by atoms with Crippen molar-refractivity contribution < 1.29 is 4.39 Å². The van der Waals surface area contributed by atoms with E-state index in [9.17, 15) is 4.39 Å². The molecule has 0 amide bonds. The fraction of sp³-hybridized carbons (Fsp3) is 0.522. The number of nitrogens with zero attached hydrogens (tertiary/aromatic N) is 4. The lowest BCUT2D eigenvalue weighted by molar-refractivity contribution is 0.178. The molecule has 166 valence electrons. The molecule has 0 unspecified atom stereocenters. The zero-order chi connectivity index (χ0) is 20.6. The minimum atomic E-state index is -0.101. The largest absolute Gasteiger partial charge is 0.357 e. The van der Waals surface area contributed by atoms with Crippen LogP contribution in [0.1, 0.15) is 31.0 Å². The number of hydrogen-bond donors (Lipinski definition) is 1. The molecule has 0 saturated carbocycles. The summed E-state index contributed by atoms with van der Waals surface area (Å²) in [6.45, 7) is 7.34. The molecule has 0 spiro atoms. The Morgan fingerprint density at radius 1 is 1.20 bits per heavy atom. The first-order valence-electron chi connectivity index (χ1n) is 10.6. The van der Waals surface area contributed by atoms with Gasteiger partial charge in [-0.05, 0) is 57.0 Å². The van der Waals surface area contributed by atoms with Crippen LogP contribution in [0.15, 0.2) is 47.6 Å². The summed E-state index contributed by atoms with van der Waals surface area (Å²) >= 11 is 0. The molecular weight excluding hydrogens is 492 g/mol. The van der Waals surface area contributed by atoms with Crippen LogP contribution in [0.4, 0.5) is 4.39 Å². The van der Waals surface area contributed by atoms with Gasteiger partial charge in [-0.25, -0.2) is 4.39 Å². The van der Waals surface area contributed by atoms with Crippen LogP contribution in [-0.4, -0.2) is 53.6 Å². The average Bonchev–Trinajstić information content (AvgIpc) is 3.12. The van der Waals surface area contributed by atoms with E-state index in [1.54, 1.807) is 12.1 Å². The summed E-state index contributed by atoms with van der Waals surface area (Å²) in [4.78, 5) is 9.45. The predicted octanol–water partition coefficient (Wildman–Crippen LogP) is 4.09. The van der Waals surface area contributed by atoms with Gasteiger partial charge in [-0.2, -0.15) is 0 Å². The predicted molar refractivity (Wildman–Crippen MR) is 133 cm³/mol. The summed E-state index contributed by atoms with van der Waals surface area (Å²) < 4.78 is 16.0. The SMILES string of the molecule is CCNC(=NCC1CCN(Cc2ccccc2F)CC1)N(C)Cc1cccn1C.I. The number of rotatable bonds is 7. The van der Waals surface area contributed by atoms with Crippen LogP contribution in [0.5, 0.6) is 0 Å². The molecule has 1 aromatic heterocycles. The topological polar surface area (TPSA) is 35.8 Å². The summed E-state index contributed by atoms with van der Waals surface area (Å²) in [7, 11) is 4.16. The zero-order valence-corrected chi connectivity index (χ0v) is 20.7. The van der Waals surface area contributed by atoms with Crippen LogP contribution in [0.3, 0.4) is 0 Å². The highest BCUT2D eigenvalue weighted by molar-refractivity contribution is 14.0. The Balaban J connectivity index is 0.00000320. The first kappa shape index (κ1) is 24.7. The molecule has 7 heteroatoms. The van der Waals surface area contributed by atoms with Gasteiger partial charge in [0.15, 0.2) is 5.96 Å². The van der Waals surface area contributed by atoms with Crippen LogP contribution >= 0.6 is 24.0 Å². The molecule has 0 aliphatic carbocycles. The number of aliphatic imine (C=N–C) groups is 1. The normalized spacial score (nSPS) is 15.7. The van der Waals surface area contributed by atoms with E-state index in [0.717, 1.165) is 57.1 Å². The number of guanidine groups is 1. The van der Waals surface area contributed by atoms with Gasteiger partial charge in [0.1, 0.15) is 5.82 Å². The van der Waals surface area contributed by atoms with Gasteiger partial charge in [0.2, 0.25) is 0 Å². The number of halogens is 2. The molecule has 0 bridgehead atoms. The maximum atomic E-state index is 13.9. The maximum absolute atomic E-state index is 13.9. The van der Waals surface area contributed by atoms with Crippen LogP contribution in [-0.2, 0) is 20.1 Å². The monoisotopic (exact) mass is 527 g/mol. The second kappa shape index (κ2) is 12.3. The van der Waals surface area contributed by atoms with Gasteiger partial charge in [-0.15, -0.1) is 24.0 Å². The van der Waals surface area contributed by atoms with Crippen LogP contribution in [0.25, 0.3) is 0 Å². The standard InChI is InChI=1S/C23H34FN5.HI/c1-4-25-23(28(3)18-21-9-7-13-27(21)2)26-16-19-11-14-29(15-12-19)17-20-8-5-6-10-22(20)24;/h5-10,13,19H,4,11-12,14-18H2,1-3H3,(H,25,26);1H. The average molecular weight is 527 g/mol. The van der Waals surface area contributed by atoms with Gasteiger partial charge in [-0.1, -0.05) is 18.2 Å². The summed E-state index contributed by atoms with van der Waals surface area (Å²) in [6.07, 6.45) is 4.29. The van der Waals surface area contributed by atoms with Crippen LogP contribution in [0, 0.1) is 11.7 Å². The first-order valence-corrected chi connectivity index (χ1v) is 10.6. The Hall–Kier alpha value is -1.61. The van der Waals surface area contributed by atoms with E-state index in [4.69, 9.17) is 4.99 Å². The van der Waals surface area contributed by atoms with Gasteiger partial charge in [0, 0.05) is 51.2 Å². The molecule has 3 rings (SSSR count). The van der Waals surface area contributed by atoms with E-state index in [-0.39, 0.29) is 29.8 Å². The number of nitrogens with one attached hydrogen (secondary N) is 1. The van der Waals surface area contributed by atoms with E-state index in [2.05, 4.69) is 59.0 Å². The summed E-state index contributed by atoms with van der Waals surface area (Å²) in [5.41, 5.74) is 2.06. The third kappa shape index (κ3) is 6.97. The van der Waals surface area contributed by atoms with E-state index in [0.29, 0.717) is 12.5 Å². The third-order valence-corrected chi connectivity index (χ3v) is 5.71. The number of piperidine rings is 1. The number of benzene rings is 1. The molecular formula is C23H35FIN5. The van der Waals surface area contributed by atoms with Crippen molar-refractivity contribution in [3.8, 4) is 0 Å². The highest BCUT2D eigenvalue weighted by atomic mass is 127. The van der Waals surface area contributed by atoms with Crippen molar-refractivity contribution >= 4 is 29.9 Å². The number of aryl methyl sites for hydroxylation is 1. The van der Waals surface area contributed by atoms with E-state index >= 15 is 0 Å². The molecule has 5 nitrogen and oxygen atoms in total. The molecule has 1 saturated heterocycles. The molecule has 1 aromatic carbocycles. The van der Waals surface area contributed by atoms with Crippen LogP contribution in [0.2, 0.25) is 0 Å². The van der Waals surface area contributed by atoms with Crippen molar-refractivity contribution in [2.45, 2.75) is 32.9 Å². The van der Waals surface area contributed by atoms with Crippen LogP contribution < -0.4 is 5.32 Å². The second-order valence-electron chi connectivity index (χ2n) is 7.97. The smallest absolute Gasteiger partial charge is 0.194 e. The molecule has 1 fully saturated rings. The lowest BCUT2D eigenvalue weighted by Gasteiger charge is -2.31. The Morgan fingerprint density at radius 3 is 2.57 bits per heavy atom. The Morgan fingerprint density at radius 2 is 1.93 bits per heavy atom. The molecule has 1 N–H and O–H groups in total. The number of aromatic nitrogens is 1. The van der Waals surface area contributed by atoms with E-state index in [1.165, 1.54) is 5.69 Å². The van der Waals surface area contributed by atoms with Crippen molar-refractivity contribution in [3.05, 3.63) is 59.7 Å². The molecule has 2 heterocycles. The Bertz CT molecular complexity index is 798. The van der Waals surface area contributed by atoms with Gasteiger partial charge < -0.3 is 14.8 Å². The van der Waals surface area contributed by atoms with Crippen molar-refractivity contribution in [2.75, 3.05) is 33.2 Å². The summed E-state index contributed by atoms with van der Waals surface area (Å²) in [5.74, 6) is 1.45. The fourth-order valence-electron chi connectivity index (χ4n) is 3.86. The van der Waals surface area contributed by atoms with Crippen molar-refractivity contribution in [1.82, 2.24) is 19.7 Å².